The summed E-state index contributed by atoms with van der Waals surface area (Å²) in [7, 11) is 0. The Morgan fingerprint density at radius 1 is 0.500 bits per heavy atom. The van der Waals surface area contributed by atoms with Crippen molar-refractivity contribution in [3.8, 4) is 0 Å². The van der Waals surface area contributed by atoms with E-state index in [9.17, 15) is 0 Å². The fourth-order valence-electron chi connectivity index (χ4n) is 0. The summed E-state index contributed by atoms with van der Waals surface area (Å²) in [4.78, 5) is 0. The molecule has 0 aliphatic carbocycles. The molecule has 6 heteroatoms. The van der Waals surface area contributed by atoms with Crippen LogP contribution in [0.4, 0.5) is 0 Å². The van der Waals surface area contributed by atoms with Crippen molar-refractivity contribution in [2.24, 2.45) is 0 Å². The Bertz CT molecular complexity index is 7.51. The molecule has 0 aliphatic rings. The van der Waals surface area contributed by atoms with E-state index in [1.54, 1.807) is 0 Å². The van der Waals surface area contributed by atoms with Gasteiger partial charge in [0.05, 0.1) is 0 Å². The summed E-state index contributed by atoms with van der Waals surface area (Å²) >= 11 is 0. The molecule has 0 heterocycles. The van der Waals surface area contributed by atoms with E-state index in [0.717, 1.165) is 0 Å². The van der Waals surface area contributed by atoms with Gasteiger partial charge in [-0.3, -0.25) is 0 Å². The van der Waals surface area contributed by atoms with Crippen molar-refractivity contribution >= 4 is 23.1 Å². The second-order valence-corrected chi connectivity index (χ2v) is 0. The number of rotatable bonds is 0. The van der Waals surface area contributed by atoms with Crippen LogP contribution in [0.2, 0.25) is 0 Å². The molecule has 0 N–H and O–H groups in total. The Balaban J connectivity index is 0. The average Bonchev–Trinajstić information content (AvgIpc) is 0. The molecule has 0 atom stereocenters. The molecule has 1 radical (unpaired) electrons. The second kappa shape index (κ2) is 51.7. The van der Waals surface area contributed by atoms with Gasteiger partial charge in [-0.2, -0.15) is 0 Å². The summed E-state index contributed by atoms with van der Waals surface area (Å²) in [5.74, 6) is 0. The Morgan fingerprint density at radius 2 is 0.500 bits per heavy atom. The van der Waals surface area contributed by atoms with Gasteiger partial charge >= 0.3 is 40.1 Å². The van der Waals surface area contributed by atoms with Crippen LogP contribution in [-0.4, -0.2) is 23.1 Å². The van der Waals surface area contributed by atoms with Gasteiger partial charge in [0.1, 0.15) is 0 Å². The van der Waals surface area contributed by atoms with Crippen molar-refractivity contribution < 1.29 is 66.7 Å². The van der Waals surface area contributed by atoms with Crippen LogP contribution < -0.4 is 49.6 Å². The van der Waals surface area contributed by atoms with Crippen LogP contribution in [0.5, 0.6) is 0 Å². The first-order valence-electron chi connectivity index (χ1n) is 0. The molecule has 6 heavy (non-hydrogen) atoms. The molecular formula is Cl4MgMn. The van der Waals surface area contributed by atoms with Crippen LogP contribution >= 0.6 is 0 Å². The van der Waals surface area contributed by atoms with Crippen molar-refractivity contribution in [1.82, 2.24) is 0 Å². The Kier molecular flexibility index (Phi) is 675. The van der Waals surface area contributed by atoms with E-state index in [4.69, 9.17) is 0 Å². The largest absolute Gasteiger partial charge is 2.00 e. The van der Waals surface area contributed by atoms with E-state index in [2.05, 4.69) is 0 Å². The van der Waals surface area contributed by atoms with Gasteiger partial charge in [-0.15, -0.1) is 0 Å². The zero-order valence-corrected chi connectivity index (χ0v) is 8.22. The summed E-state index contributed by atoms with van der Waals surface area (Å²) in [5, 5.41) is 0. The zero-order chi connectivity index (χ0) is 0. The van der Waals surface area contributed by atoms with Gasteiger partial charge in [0.2, 0.25) is 0 Å². The molecular weight excluding hydrogens is 221 g/mol. The average molecular weight is 221 g/mol. The fourth-order valence-corrected chi connectivity index (χ4v) is 0. The number of hydrogen-bond donors (Lipinski definition) is 0. The fraction of sp³-hybridized carbons (Fsp3) is 0. The molecule has 0 nitrogen and oxygen atoms in total. The minimum atomic E-state index is 0. The third-order valence-corrected chi connectivity index (χ3v) is 0. The minimum absolute atomic E-state index is 0. The molecule has 0 saturated heterocycles. The third kappa shape index (κ3) is 32.0. The molecule has 0 fully saturated rings. The van der Waals surface area contributed by atoms with Gasteiger partial charge in [0.15, 0.2) is 0 Å². The van der Waals surface area contributed by atoms with E-state index >= 15 is 0 Å². The van der Waals surface area contributed by atoms with Crippen LogP contribution in [-0.2, 0) is 17.1 Å². The second-order valence-electron chi connectivity index (χ2n) is 0. The molecule has 0 bridgehead atoms. The van der Waals surface area contributed by atoms with E-state index in [-0.39, 0.29) is 89.7 Å². The molecule has 0 aromatic heterocycles. The van der Waals surface area contributed by atoms with Gasteiger partial charge < -0.3 is 49.6 Å². The van der Waals surface area contributed by atoms with Crippen molar-refractivity contribution in [1.29, 1.82) is 0 Å². The van der Waals surface area contributed by atoms with Gasteiger partial charge in [0, 0.05) is 0 Å². The molecule has 0 aromatic carbocycles. The number of hydrogen-bond acceptors (Lipinski definition) is 0. The van der Waals surface area contributed by atoms with Crippen LogP contribution in [0.3, 0.4) is 0 Å². The molecule has 0 aliphatic heterocycles. The maximum Gasteiger partial charge on any atom is 2.00 e. The SMILES string of the molecule is [Cl-].[Cl-].[Cl-].[Cl-].[Mg+2].[Mn+2]. The summed E-state index contributed by atoms with van der Waals surface area (Å²) in [6, 6.07) is 0. The Labute approximate surface area is 88.8 Å². The van der Waals surface area contributed by atoms with Crippen molar-refractivity contribution in [2.75, 3.05) is 0 Å². The predicted octanol–water partition coefficient (Wildman–Crippen LogP) is -12.4. The maximum absolute atomic E-state index is 0. The normalized spacial score (nSPS) is 0. The number of halogens is 4. The van der Waals surface area contributed by atoms with Crippen LogP contribution in [0.15, 0.2) is 0 Å². The van der Waals surface area contributed by atoms with Crippen molar-refractivity contribution in [3.63, 3.8) is 0 Å². The minimum Gasteiger partial charge on any atom is -1.00 e. The molecule has 0 spiro atoms. The van der Waals surface area contributed by atoms with E-state index in [1.165, 1.54) is 0 Å². The van der Waals surface area contributed by atoms with Gasteiger partial charge in [0.25, 0.3) is 0 Å². The Morgan fingerprint density at radius 3 is 0.500 bits per heavy atom. The van der Waals surface area contributed by atoms with Crippen LogP contribution in [0.25, 0.3) is 0 Å². The molecule has 37 valence electrons. The van der Waals surface area contributed by atoms with Crippen LogP contribution in [0, 0.1) is 0 Å². The monoisotopic (exact) mass is 219 g/mol. The van der Waals surface area contributed by atoms with E-state index in [0.29, 0.717) is 0 Å². The van der Waals surface area contributed by atoms with E-state index in [1.807, 2.05) is 0 Å². The van der Waals surface area contributed by atoms with Crippen molar-refractivity contribution in [3.05, 3.63) is 0 Å². The van der Waals surface area contributed by atoms with Gasteiger partial charge in [-0.25, -0.2) is 0 Å². The first kappa shape index (κ1) is 78.3. The summed E-state index contributed by atoms with van der Waals surface area (Å²) in [6.45, 7) is 0. The summed E-state index contributed by atoms with van der Waals surface area (Å²) in [6.07, 6.45) is 0. The standard InChI is InChI=1S/4ClH.Mg.Mn/h4*1H;;/q;;;;2*+2/p-4. The topological polar surface area (TPSA) is 0 Å². The third-order valence-electron chi connectivity index (χ3n) is 0. The zero-order valence-electron chi connectivity index (χ0n) is 2.60. The van der Waals surface area contributed by atoms with Gasteiger partial charge in [-0.1, -0.05) is 0 Å². The summed E-state index contributed by atoms with van der Waals surface area (Å²) < 4.78 is 0. The molecule has 0 rings (SSSR count). The van der Waals surface area contributed by atoms with Gasteiger partial charge in [-0.05, 0) is 0 Å². The van der Waals surface area contributed by atoms with E-state index < -0.39 is 0 Å². The maximum atomic E-state index is 0. The Hall–Kier alpha value is 2.45. The molecule has 0 unspecified atom stereocenters. The molecule has 0 aromatic rings. The first-order valence-corrected chi connectivity index (χ1v) is 0. The smallest absolute Gasteiger partial charge is 1.00 e. The summed E-state index contributed by atoms with van der Waals surface area (Å²) in [5.41, 5.74) is 0. The quantitative estimate of drug-likeness (QED) is 0.356. The molecule has 0 saturated carbocycles. The predicted molar refractivity (Wildman–Crippen MR) is 5.75 cm³/mol. The van der Waals surface area contributed by atoms with Crippen LogP contribution in [0.1, 0.15) is 0 Å². The first-order chi connectivity index (χ1) is 0. The molecule has 0 amide bonds. The van der Waals surface area contributed by atoms with Crippen molar-refractivity contribution in [2.45, 2.75) is 0 Å².